The number of nitrogens with one attached hydrogen (secondary N) is 2. The largest absolute Gasteiger partial charge is 0.454 e. The van der Waals surface area contributed by atoms with Gasteiger partial charge in [-0.2, -0.15) is 5.10 Å². The van der Waals surface area contributed by atoms with Crippen LogP contribution in [0.2, 0.25) is 0 Å². The summed E-state index contributed by atoms with van der Waals surface area (Å²) in [7, 11) is 0. The van der Waals surface area contributed by atoms with Crippen LogP contribution in [0, 0.1) is 0 Å². The SMILES string of the molecule is O=C(CNc1ccc(Br)cc1)NN=Cc1ccc2c(c1)OCO2. The van der Waals surface area contributed by atoms with E-state index in [1.165, 1.54) is 0 Å². The molecular weight excluding hydrogens is 362 g/mol. The molecule has 0 fully saturated rings. The molecule has 1 amide bonds. The number of halogens is 1. The predicted octanol–water partition coefficient (Wildman–Crippen LogP) is 2.74. The quantitative estimate of drug-likeness (QED) is 0.622. The Hall–Kier alpha value is -2.54. The number of fused-ring (bicyclic) bond motifs is 1. The maximum atomic E-state index is 11.7. The zero-order chi connectivity index (χ0) is 16.1. The average molecular weight is 376 g/mol. The number of carbonyl (C=O) groups is 1. The highest BCUT2D eigenvalue weighted by molar-refractivity contribution is 9.10. The summed E-state index contributed by atoms with van der Waals surface area (Å²) in [5.41, 5.74) is 4.15. The molecule has 2 aromatic rings. The van der Waals surface area contributed by atoms with Gasteiger partial charge in [0, 0.05) is 10.2 Å². The van der Waals surface area contributed by atoms with Crippen LogP contribution >= 0.6 is 15.9 Å². The lowest BCUT2D eigenvalue weighted by Gasteiger charge is -2.05. The van der Waals surface area contributed by atoms with Gasteiger partial charge in [-0.15, -0.1) is 0 Å². The molecule has 0 atom stereocenters. The van der Waals surface area contributed by atoms with Crippen molar-refractivity contribution in [1.82, 2.24) is 5.43 Å². The molecule has 0 spiro atoms. The smallest absolute Gasteiger partial charge is 0.259 e. The summed E-state index contributed by atoms with van der Waals surface area (Å²) in [6.07, 6.45) is 1.56. The van der Waals surface area contributed by atoms with E-state index >= 15 is 0 Å². The fourth-order valence-electron chi connectivity index (χ4n) is 1.96. The summed E-state index contributed by atoms with van der Waals surface area (Å²) >= 11 is 3.36. The molecule has 3 rings (SSSR count). The lowest BCUT2D eigenvalue weighted by atomic mass is 10.2. The minimum Gasteiger partial charge on any atom is -0.454 e. The van der Waals surface area contributed by atoms with Crippen LogP contribution in [-0.4, -0.2) is 25.5 Å². The summed E-state index contributed by atoms with van der Waals surface area (Å²) in [6.45, 7) is 0.370. The highest BCUT2D eigenvalue weighted by Crippen LogP contribution is 2.31. The topological polar surface area (TPSA) is 72.0 Å². The Morgan fingerprint density at radius 2 is 1.96 bits per heavy atom. The fraction of sp³-hybridized carbons (Fsp3) is 0.125. The number of benzene rings is 2. The molecular formula is C16H14BrN3O3. The second kappa shape index (κ2) is 7.15. The van der Waals surface area contributed by atoms with Gasteiger partial charge in [0.15, 0.2) is 11.5 Å². The van der Waals surface area contributed by atoms with Gasteiger partial charge >= 0.3 is 0 Å². The van der Waals surface area contributed by atoms with E-state index in [9.17, 15) is 4.79 Å². The van der Waals surface area contributed by atoms with E-state index in [1.807, 2.05) is 30.3 Å². The maximum absolute atomic E-state index is 11.7. The Bertz CT molecular complexity index is 732. The Morgan fingerprint density at radius 3 is 2.78 bits per heavy atom. The van der Waals surface area contributed by atoms with Crippen molar-refractivity contribution < 1.29 is 14.3 Å². The van der Waals surface area contributed by atoms with Gasteiger partial charge in [0.25, 0.3) is 5.91 Å². The van der Waals surface area contributed by atoms with Crippen molar-refractivity contribution in [2.45, 2.75) is 0 Å². The molecule has 1 aliphatic heterocycles. The molecule has 0 aliphatic carbocycles. The highest BCUT2D eigenvalue weighted by Gasteiger charge is 2.12. The van der Waals surface area contributed by atoms with Gasteiger partial charge in [-0.1, -0.05) is 15.9 Å². The van der Waals surface area contributed by atoms with Gasteiger partial charge in [0.1, 0.15) is 0 Å². The van der Waals surface area contributed by atoms with Crippen LogP contribution in [0.3, 0.4) is 0 Å². The maximum Gasteiger partial charge on any atom is 0.259 e. The Labute approximate surface area is 141 Å². The summed E-state index contributed by atoms with van der Waals surface area (Å²) in [5.74, 6) is 1.16. The number of amides is 1. The Kier molecular flexibility index (Phi) is 4.77. The van der Waals surface area contributed by atoms with Gasteiger partial charge in [0.2, 0.25) is 6.79 Å². The zero-order valence-electron chi connectivity index (χ0n) is 12.1. The molecule has 2 aromatic carbocycles. The van der Waals surface area contributed by atoms with Gasteiger partial charge in [-0.25, -0.2) is 5.43 Å². The molecule has 0 aromatic heterocycles. The number of hydrogen-bond donors (Lipinski definition) is 2. The lowest BCUT2D eigenvalue weighted by Crippen LogP contribution is -2.25. The number of rotatable bonds is 5. The number of ether oxygens (including phenoxy) is 2. The fourth-order valence-corrected chi connectivity index (χ4v) is 2.23. The van der Waals surface area contributed by atoms with Gasteiger partial charge < -0.3 is 14.8 Å². The predicted molar refractivity (Wildman–Crippen MR) is 90.9 cm³/mol. The van der Waals surface area contributed by atoms with Crippen molar-refractivity contribution in [2.75, 3.05) is 18.7 Å². The van der Waals surface area contributed by atoms with E-state index in [0.717, 1.165) is 15.7 Å². The van der Waals surface area contributed by atoms with Crippen LogP contribution in [0.4, 0.5) is 5.69 Å². The first-order valence-electron chi connectivity index (χ1n) is 6.92. The van der Waals surface area contributed by atoms with Crippen molar-refractivity contribution >= 4 is 33.7 Å². The van der Waals surface area contributed by atoms with Crippen LogP contribution in [0.5, 0.6) is 11.5 Å². The van der Waals surface area contributed by atoms with E-state index < -0.39 is 0 Å². The van der Waals surface area contributed by atoms with Gasteiger partial charge in [0.05, 0.1) is 12.8 Å². The van der Waals surface area contributed by atoms with Crippen LogP contribution in [0.25, 0.3) is 0 Å². The van der Waals surface area contributed by atoms with Crippen LogP contribution in [0.1, 0.15) is 5.56 Å². The minimum atomic E-state index is -0.232. The third-order valence-corrected chi connectivity index (χ3v) is 3.63. The zero-order valence-corrected chi connectivity index (χ0v) is 13.7. The van der Waals surface area contributed by atoms with E-state index in [4.69, 9.17) is 9.47 Å². The third-order valence-electron chi connectivity index (χ3n) is 3.10. The minimum absolute atomic E-state index is 0.139. The summed E-state index contributed by atoms with van der Waals surface area (Å²) < 4.78 is 11.5. The molecule has 0 bridgehead atoms. The first-order chi connectivity index (χ1) is 11.2. The van der Waals surface area contributed by atoms with Gasteiger partial charge in [-0.3, -0.25) is 4.79 Å². The van der Waals surface area contributed by atoms with Crippen molar-refractivity contribution in [3.63, 3.8) is 0 Å². The van der Waals surface area contributed by atoms with Crippen LogP contribution in [-0.2, 0) is 4.79 Å². The second-order valence-electron chi connectivity index (χ2n) is 4.77. The van der Waals surface area contributed by atoms with Gasteiger partial charge in [-0.05, 0) is 48.0 Å². The molecule has 2 N–H and O–H groups in total. The molecule has 6 nitrogen and oxygen atoms in total. The molecule has 23 heavy (non-hydrogen) atoms. The molecule has 118 valence electrons. The van der Waals surface area contributed by atoms with E-state index in [2.05, 4.69) is 31.8 Å². The first kappa shape index (κ1) is 15.4. The number of hydrazone groups is 1. The first-order valence-corrected chi connectivity index (χ1v) is 7.71. The molecule has 0 unspecified atom stereocenters. The number of anilines is 1. The summed E-state index contributed by atoms with van der Waals surface area (Å²) in [6, 6.07) is 13.0. The van der Waals surface area contributed by atoms with Crippen LogP contribution in [0.15, 0.2) is 52.0 Å². The lowest BCUT2D eigenvalue weighted by molar-refractivity contribution is -0.119. The van der Waals surface area contributed by atoms with Crippen molar-refractivity contribution in [1.29, 1.82) is 0 Å². The highest BCUT2D eigenvalue weighted by atomic mass is 79.9. The summed E-state index contributed by atoms with van der Waals surface area (Å²) in [4.78, 5) is 11.7. The average Bonchev–Trinajstić information content (AvgIpc) is 3.02. The standard InChI is InChI=1S/C16H14BrN3O3/c17-12-2-4-13(5-3-12)18-9-16(21)20-19-8-11-1-6-14-15(7-11)23-10-22-14/h1-8,18H,9-10H2,(H,20,21). The molecule has 0 saturated carbocycles. The molecule has 7 heteroatoms. The normalized spacial score (nSPS) is 12.4. The van der Waals surface area contributed by atoms with Crippen molar-refractivity contribution in [2.24, 2.45) is 5.10 Å². The monoisotopic (exact) mass is 375 g/mol. The molecule has 1 heterocycles. The second-order valence-corrected chi connectivity index (χ2v) is 5.68. The van der Waals surface area contributed by atoms with E-state index in [-0.39, 0.29) is 19.2 Å². The van der Waals surface area contributed by atoms with E-state index in [0.29, 0.717) is 11.5 Å². The van der Waals surface area contributed by atoms with Crippen molar-refractivity contribution in [3.8, 4) is 11.5 Å². The third kappa shape index (κ3) is 4.23. The Morgan fingerprint density at radius 1 is 1.17 bits per heavy atom. The molecule has 0 radical (unpaired) electrons. The number of nitrogens with zero attached hydrogens (tertiary/aromatic N) is 1. The number of hydrogen-bond acceptors (Lipinski definition) is 5. The molecule has 1 aliphatic rings. The van der Waals surface area contributed by atoms with Crippen molar-refractivity contribution in [3.05, 3.63) is 52.5 Å². The molecule has 0 saturated heterocycles. The Balaban J connectivity index is 1.47. The van der Waals surface area contributed by atoms with E-state index in [1.54, 1.807) is 18.3 Å². The number of carbonyl (C=O) groups excluding carboxylic acids is 1. The summed E-state index contributed by atoms with van der Waals surface area (Å²) in [5, 5.41) is 6.94. The van der Waals surface area contributed by atoms with Crippen LogP contribution < -0.4 is 20.2 Å².